The maximum Gasteiger partial charge on any atom is 0.196 e. The number of hydrogen-bond donors (Lipinski definition) is 0. The molecular weight excluding hydrogens is 364 g/mol. The number of aromatic nitrogens is 4. The van der Waals surface area contributed by atoms with E-state index in [1.807, 2.05) is 31.2 Å². The van der Waals surface area contributed by atoms with E-state index in [1.54, 1.807) is 18.0 Å². The molecule has 0 aliphatic heterocycles. The van der Waals surface area contributed by atoms with Crippen LogP contribution in [0.2, 0.25) is 5.02 Å². The van der Waals surface area contributed by atoms with E-state index in [4.69, 9.17) is 11.6 Å². The van der Waals surface area contributed by atoms with E-state index in [2.05, 4.69) is 50.9 Å². The van der Waals surface area contributed by atoms with E-state index in [-0.39, 0.29) is 0 Å². The molecule has 2 aromatic heterocycles. The van der Waals surface area contributed by atoms with Crippen molar-refractivity contribution in [1.29, 1.82) is 0 Å². The molecule has 0 bridgehead atoms. The summed E-state index contributed by atoms with van der Waals surface area (Å²) in [4.78, 5) is 4.51. The number of thioether (sulfide) groups is 1. The van der Waals surface area contributed by atoms with Crippen LogP contribution in [0, 0.1) is 13.8 Å². The maximum atomic E-state index is 6.29. The van der Waals surface area contributed by atoms with Crippen molar-refractivity contribution in [1.82, 2.24) is 19.7 Å². The predicted molar refractivity (Wildman–Crippen MR) is 107 cm³/mol. The van der Waals surface area contributed by atoms with E-state index in [0.29, 0.717) is 0 Å². The standard InChI is InChI=1S/C20H17ClN4S/c1-13-5-8-16(9-6-13)25-14(2)23-24-20(25)26-12-15-7-10-18(21)17-4-3-11-22-19(15)17/h3-11H,12H2,1-2H3. The third-order valence-electron chi connectivity index (χ3n) is 4.24. The smallest absolute Gasteiger partial charge is 0.196 e. The van der Waals surface area contributed by atoms with Crippen molar-refractivity contribution >= 4 is 34.3 Å². The minimum absolute atomic E-state index is 0.723. The van der Waals surface area contributed by atoms with Gasteiger partial charge in [0.25, 0.3) is 0 Å². The SMILES string of the molecule is Cc1ccc(-n2c(C)nnc2SCc2ccc(Cl)c3cccnc23)cc1. The maximum absolute atomic E-state index is 6.29. The van der Waals surface area contributed by atoms with Crippen LogP contribution in [0.25, 0.3) is 16.6 Å². The molecule has 26 heavy (non-hydrogen) atoms. The zero-order chi connectivity index (χ0) is 18.1. The number of rotatable bonds is 4. The Morgan fingerprint density at radius 2 is 1.81 bits per heavy atom. The predicted octanol–water partition coefficient (Wildman–Crippen LogP) is 5.38. The number of benzene rings is 2. The molecule has 0 unspecified atom stereocenters. The summed E-state index contributed by atoms with van der Waals surface area (Å²) in [6.45, 7) is 4.05. The zero-order valence-corrected chi connectivity index (χ0v) is 16.1. The van der Waals surface area contributed by atoms with Crippen molar-refractivity contribution in [3.8, 4) is 5.69 Å². The van der Waals surface area contributed by atoms with Gasteiger partial charge in [0.15, 0.2) is 5.16 Å². The van der Waals surface area contributed by atoms with E-state index < -0.39 is 0 Å². The van der Waals surface area contributed by atoms with Gasteiger partial charge in [0.05, 0.1) is 5.52 Å². The molecule has 0 spiro atoms. The molecule has 2 aromatic carbocycles. The minimum atomic E-state index is 0.723. The summed E-state index contributed by atoms with van der Waals surface area (Å²) in [5.74, 6) is 1.62. The van der Waals surface area contributed by atoms with Gasteiger partial charge in [-0.25, -0.2) is 0 Å². The van der Waals surface area contributed by atoms with Crippen LogP contribution in [0.5, 0.6) is 0 Å². The molecule has 4 aromatic rings. The monoisotopic (exact) mass is 380 g/mol. The van der Waals surface area contributed by atoms with Crippen molar-refractivity contribution < 1.29 is 0 Å². The molecule has 0 amide bonds. The first-order valence-electron chi connectivity index (χ1n) is 8.27. The van der Waals surface area contributed by atoms with E-state index in [0.717, 1.165) is 43.9 Å². The van der Waals surface area contributed by atoms with Crippen molar-refractivity contribution in [2.24, 2.45) is 0 Å². The number of pyridine rings is 1. The van der Waals surface area contributed by atoms with Crippen LogP contribution < -0.4 is 0 Å². The molecule has 0 aliphatic rings. The van der Waals surface area contributed by atoms with Gasteiger partial charge in [0.2, 0.25) is 0 Å². The fourth-order valence-electron chi connectivity index (χ4n) is 2.88. The van der Waals surface area contributed by atoms with Crippen LogP contribution in [0.1, 0.15) is 17.0 Å². The van der Waals surface area contributed by atoms with Gasteiger partial charge in [-0.05, 0) is 49.7 Å². The molecule has 0 N–H and O–H groups in total. The molecule has 0 atom stereocenters. The van der Waals surface area contributed by atoms with Crippen LogP contribution >= 0.6 is 23.4 Å². The average Bonchev–Trinajstić information content (AvgIpc) is 3.03. The second-order valence-corrected chi connectivity index (χ2v) is 7.45. The van der Waals surface area contributed by atoms with E-state index in [1.165, 1.54) is 5.56 Å². The second-order valence-electron chi connectivity index (χ2n) is 6.10. The first-order chi connectivity index (χ1) is 12.6. The third kappa shape index (κ3) is 3.20. The second kappa shape index (κ2) is 7.09. The quantitative estimate of drug-likeness (QED) is 0.446. The summed E-state index contributed by atoms with van der Waals surface area (Å²) in [5, 5.41) is 11.2. The highest BCUT2D eigenvalue weighted by atomic mass is 35.5. The molecule has 6 heteroatoms. The third-order valence-corrected chi connectivity index (χ3v) is 5.55. The summed E-state index contributed by atoms with van der Waals surface area (Å²) >= 11 is 7.94. The lowest BCUT2D eigenvalue weighted by Crippen LogP contribution is -1.99. The largest absolute Gasteiger partial charge is 0.274 e. The first-order valence-corrected chi connectivity index (χ1v) is 9.64. The van der Waals surface area contributed by atoms with Crippen molar-refractivity contribution in [2.75, 3.05) is 0 Å². The Kier molecular flexibility index (Phi) is 4.66. The topological polar surface area (TPSA) is 43.6 Å². The molecular formula is C20H17ClN4S. The van der Waals surface area contributed by atoms with Crippen LogP contribution in [-0.4, -0.2) is 19.7 Å². The number of halogens is 1. The van der Waals surface area contributed by atoms with Gasteiger partial charge < -0.3 is 0 Å². The van der Waals surface area contributed by atoms with Gasteiger partial charge in [-0.1, -0.05) is 47.1 Å². The van der Waals surface area contributed by atoms with E-state index >= 15 is 0 Å². The van der Waals surface area contributed by atoms with Gasteiger partial charge in [0.1, 0.15) is 5.82 Å². The Morgan fingerprint density at radius 1 is 1.00 bits per heavy atom. The lowest BCUT2D eigenvalue weighted by atomic mass is 10.1. The van der Waals surface area contributed by atoms with Gasteiger partial charge in [0, 0.05) is 28.0 Å². The van der Waals surface area contributed by atoms with Crippen LogP contribution in [-0.2, 0) is 5.75 Å². The lowest BCUT2D eigenvalue weighted by Gasteiger charge is -2.10. The van der Waals surface area contributed by atoms with Crippen LogP contribution in [0.3, 0.4) is 0 Å². The molecule has 0 radical (unpaired) electrons. The first kappa shape index (κ1) is 17.1. The Bertz CT molecular complexity index is 1070. The van der Waals surface area contributed by atoms with Crippen LogP contribution in [0.15, 0.2) is 59.9 Å². The summed E-state index contributed by atoms with van der Waals surface area (Å²) in [5.41, 5.74) is 4.36. The molecule has 0 saturated carbocycles. The van der Waals surface area contributed by atoms with Gasteiger partial charge in [-0.15, -0.1) is 10.2 Å². The lowest BCUT2D eigenvalue weighted by molar-refractivity contribution is 0.868. The highest BCUT2D eigenvalue weighted by Crippen LogP contribution is 2.30. The van der Waals surface area contributed by atoms with E-state index in [9.17, 15) is 0 Å². The highest BCUT2D eigenvalue weighted by Gasteiger charge is 2.13. The highest BCUT2D eigenvalue weighted by molar-refractivity contribution is 7.98. The number of hydrogen-bond acceptors (Lipinski definition) is 4. The Balaban J connectivity index is 1.66. The molecule has 4 nitrogen and oxygen atoms in total. The van der Waals surface area contributed by atoms with Gasteiger partial charge >= 0.3 is 0 Å². The van der Waals surface area contributed by atoms with Crippen molar-refractivity contribution in [3.05, 3.63) is 76.7 Å². The normalized spacial score (nSPS) is 11.2. The van der Waals surface area contributed by atoms with Crippen molar-refractivity contribution in [2.45, 2.75) is 24.8 Å². The molecule has 130 valence electrons. The number of fused-ring (bicyclic) bond motifs is 1. The Labute approximate surface area is 161 Å². The average molecular weight is 381 g/mol. The fraction of sp³-hybridized carbons (Fsp3) is 0.150. The number of nitrogens with zero attached hydrogens (tertiary/aromatic N) is 4. The minimum Gasteiger partial charge on any atom is -0.274 e. The fourth-order valence-corrected chi connectivity index (χ4v) is 4.08. The molecule has 0 aliphatic carbocycles. The Hall–Kier alpha value is -2.37. The summed E-state index contributed by atoms with van der Waals surface area (Å²) < 4.78 is 2.08. The molecule has 0 saturated heterocycles. The summed E-state index contributed by atoms with van der Waals surface area (Å²) in [6, 6.07) is 16.2. The summed E-state index contributed by atoms with van der Waals surface area (Å²) in [6.07, 6.45) is 1.80. The zero-order valence-electron chi connectivity index (χ0n) is 14.5. The molecule has 4 rings (SSSR count). The van der Waals surface area contributed by atoms with Crippen LogP contribution in [0.4, 0.5) is 0 Å². The molecule has 0 fully saturated rings. The Morgan fingerprint density at radius 3 is 2.62 bits per heavy atom. The number of aryl methyl sites for hydroxylation is 2. The van der Waals surface area contributed by atoms with Gasteiger partial charge in [-0.3, -0.25) is 9.55 Å². The summed E-state index contributed by atoms with van der Waals surface area (Å²) in [7, 11) is 0. The van der Waals surface area contributed by atoms with Gasteiger partial charge in [-0.2, -0.15) is 0 Å². The molecule has 2 heterocycles. The van der Waals surface area contributed by atoms with Crippen molar-refractivity contribution in [3.63, 3.8) is 0 Å².